The van der Waals surface area contributed by atoms with Crippen molar-refractivity contribution in [2.75, 3.05) is 24.3 Å². The third-order valence-electron chi connectivity index (χ3n) is 4.39. The molecule has 1 amide bonds. The summed E-state index contributed by atoms with van der Waals surface area (Å²) in [4.78, 5) is 23.0. The average molecular weight is 457 g/mol. The summed E-state index contributed by atoms with van der Waals surface area (Å²) in [5.74, 6) is 0.0795. The number of amides is 1. The van der Waals surface area contributed by atoms with E-state index in [1.54, 1.807) is 0 Å². The van der Waals surface area contributed by atoms with Crippen LogP contribution in [0.25, 0.3) is 0 Å². The number of nitro benzene ring substituents is 1. The first-order chi connectivity index (χ1) is 15.2. The summed E-state index contributed by atoms with van der Waals surface area (Å²) in [5, 5.41) is 13.5. The zero-order valence-electron chi connectivity index (χ0n) is 17.1. The van der Waals surface area contributed by atoms with E-state index in [1.165, 1.54) is 80.9 Å². The average Bonchev–Trinajstić information content (AvgIpc) is 2.79. The number of benzene rings is 3. The van der Waals surface area contributed by atoms with Gasteiger partial charge in [-0.15, -0.1) is 0 Å². The zero-order chi connectivity index (χ0) is 23.3. The van der Waals surface area contributed by atoms with Crippen molar-refractivity contribution in [2.24, 2.45) is 0 Å². The van der Waals surface area contributed by atoms with E-state index in [1.807, 2.05) is 0 Å². The normalized spacial score (nSPS) is 10.8. The van der Waals surface area contributed by atoms with Crippen LogP contribution in [0.15, 0.2) is 71.6 Å². The SMILES string of the molecule is COc1ccc(S(=O)(=O)Nc2cccc(C(=O)Nc3ccc([N+](=O)[O-])cc3OC)c2)cc1. The highest BCUT2D eigenvalue weighted by Gasteiger charge is 2.17. The first kappa shape index (κ1) is 22.6. The van der Waals surface area contributed by atoms with Crippen molar-refractivity contribution < 1.29 is 27.6 Å². The van der Waals surface area contributed by atoms with Gasteiger partial charge in [-0.1, -0.05) is 6.07 Å². The molecule has 2 N–H and O–H groups in total. The molecule has 0 unspecified atom stereocenters. The van der Waals surface area contributed by atoms with Crippen molar-refractivity contribution in [1.29, 1.82) is 0 Å². The second-order valence-corrected chi connectivity index (χ2v) is 8.14. The molecule has 0 aliphatic carbocycles. The van der Waals surface area contributed by atoms with Gasteiger partial charge in [0.1, 0.15) is 11.5 Å². The molecule has 0 aliphatic heterocycles. The maximum atomic E-state index is 12.7. The minimum absolute atomic E-state index is 0.0313. The lowest BCUT2D eigenvalue weighted by molar-refractivity contribution is -0.384. The van der Waals surface area contributed by atoms with Crippen LogP contribution in [0.2, 0.25) is 0 Å². The van der Waals surface area contributed by atoms with E-state index in [9.17, 15) is 23.3 Å². The fraction of sp³-hybridized carbons (Fsp3) is 0.0952. The fourth-order valence-electron chi connectivity index (χ4n) is 2.78. The number of hydrogen-bond acceptors (Lipinski definition) is 7. The standard InChI is InChI=1S/C21H19N3O7S/c1-30-17-7-9-18(10-8-17)32(28,29)23-15-5-3-4-14(12-15)21(25)22-19-11-6-16(24(26)27)13-20(19)31-2/h3-13,23H,1-2H3,(H,22,25). The molecular formula is C21H19N3O7S. The molecule has 0 aromatic heterocycles. The molecule has 0 spiro atoms. The number of carbonyl (C=O) groups excluding carboxylic acids is 1. The highest BCUT2D eigenvalue weighted by atomic mass is 32.2. The quantitative estimate of drug-likeness (QED) is 0.389. The van der Waals surface area contributed by atoms with Crippen LogP contribution in [0.1, 0.15) is 10.4 Å². The van der Waals surface area contributed by atoms with Gasteiger partial charge in [0.2, 0.25) is 0 Å². The van der Waals surface area contributed by atoms with Crippen LogP contribution in [0.4, 0.5) is 17.1 Å². The minimum Gasteiger partial charge on any atom is -0.497 e. The molecule has 11 heteroatoms. The Morgan fingerprint density at radius 2 is 1.69 bits per heavy atom. The molecule has 32 heavy (non-hydrogen) atoms. The number of nitro groups is 1. The number of sulfonamides is 1. The van der Waals surface area contributed by atoms with Crippen LogP contribution >= 0.6 is 0 Å². The predicted molar refractivity (Wildman–Crippen MR) is 118 cm³/mol. The minimum atomic E-state index is -3.88. The molecule has 0 atom stereocenters. The largest absolute Gasteiger partial charge is 0.497 e. The van der Waals surface area contributed by atoms with Crippen molar-refractivity contribution in [3.8, 4) is 11.5 Å². The highest BCUT2D eigenvalue weighted by molar-refractivity contribution is 7.92. The van der Waals surface area contributed by atoms with Gasteiger partial charge in [0.05, 0.1) is 35.8 Å². The summed E-state index contributed by atoms with van der Waals surface area (Å²) in [5.41, 5.74) is 0.395. The van der Waals surface area contributed by atoms with Gasteiger partial charge in [0.15, 0.2) is 0 Å². The topological polar surface area (TPSA) is 137 Å². The number of hydrogen-bond donors (Lipinski definition) is 2. The Labute approximate surface area is 184 Å². The molecule has 0 fully saturated rings. The summed E-state index contributed by atoms with van der Waals surface area (Å²) >= 11 is 0. The van der Waals surface area contributed by atoms with Crippen LogP contribution in [0.3, 0.4) is 0 Å². The van der Waals surface area contributed by atoms with Crippen molar-refractivity contribution in [1.82, 2.24) is 0 Å². The molecule has 3 aromatic carbocycles. The van der Waals surface area contributed by atoms with Gasteiger partial charge < -0.3 is 14.8 Å². The predicted octanol–water partition coefficient (Wildman–Crippen LogP) is 3.67. The molecule has 0 heterocycles. The summed E-state index contributed by atoms with van der Waals surface area (Å²) in [7, 11) is -1.08. The first-order valence-corrected chi connectivity index (χ1v) is 10.6. The Bertz CT molecular complexity index is 1260. The van der Waals surface area contributed by atoms with Gasteiger partial charge in [-0.25, -0.2) is 8.42 Å². The molecule has 0 aliphatic rings. The maximum Gasteiger partial charge on any atom is 0.273 e. The van der Waals surface area contributed by atoms with Crippen molar-refractivity contribution in [3.05, 3.63) is 82.4 Å². The number of anilines is 2. The molecule has 0 radical (unpaired) electrons. The molecular weight excluding hydrogens is 438 g/mol. The number of methoxy groups -OCH3 is 2. The third-order valence-corrected chi connectivity index (χ3v) is 5.79. The van der Waals surface area contributed by atoms with Gasteiger partial charge >= 0.3 is 0 Å². The first-order valence-electron chi connectivity index (χ1n) is 9.14. The van der Waals surface area contributed by atoms with Crippen LogP contribution in [-0.4, -0.2) is 33.5 Å². The van der Waals surface area contributed by atoms with E-state index in [0.717, 1.165) is 0 Å². The van der Waals surface area contributed by atoms with Gasteiger partial charge in [-0.2, -0.15) is 0 Å². The third kappa shape index (κ3) is 5.13. The number of rotatable bonds is 8. The number of carbonyl (C=O) groups is 1. The lowest BCUT2D eigenvalue weighted by atomic mass is 10.2. The van der Waals surface area contributed by atoms with E-state index in [-0.39, 0.29) is 33.3 Å². The summed E-state index contributed by atoms with van der Waals surface area (Å²) in [6, 6.07) is 15.5. The Hall–Kier alpha value is -4.12. The molecule has 0 saturated carbocycles. The number of non-ortho nitro benzene ring substituents is 1. The van der Waals surface area contributed by atoms with Crippen molar-refractivity contribution >= 4 is 33.0 Å². The molecule has 0 bridgehead atoms. The van der Waals surface area contributed by atoms with Crippen molar-refractivity contribution in [3.63, 3.8) is 0 Å². The molecule has 3 aromatic rings. The number of ether oxygens (including phenoxy) is 2. The monoisotopic (exact) mass is 457 g/mol. The van der Waals surface area contributed by atoms with Crippen LogP contribution in [-0.2, 0) is 10.0 Å². The van der Waals surface area contributed by atoms with Gasteiger partial charge in [-0.05, 0) is 48.5 Å². The second kappa shape index (κ2) is 9.35. The summed E-state index contributed by atoms with van der Waals surface area (Å²) < 4.78 is 37.8. The molecule has 10 nitrogen and oxygen atoms in total. The van der Waals surface area contributed by atoms with Crippen LogP contribution in [0, 0.1) is 10.1 Å². The maximum absolute atomic E-state index is 12.7. The Balaban J connectivity index is 1.79. The summed E-state index contributed by atoms with van der Waals surface area (Å²) in [6.07, 6.45) is 0. The fourth-order valence-corrected chi connectivity index (χ4v) is 3.83. The molecule has 0 saturated heterocycles. The smallest absolute Gasteiger partial charge is 0.273 e. The van der Waals surface area contributed by atoms with E-state index in [4.69, 9.17) is 9.47 Å². The Morgan fingerprint density at radius 3 is 2.31 bits per heavy atom. The Kier molecular flexibility index (Phi) is 6.59. The molecule has 3 rings (SSSR count). The van der Waals surface area contributed by atoms with E-state index >= 15 is 0 Å². The van der Waals surface area contributed by atoms with Gasteiger partial charge in [0.25, 0.3) is 21.6 Å². The number of nitrogens with one attached hydrogen (secondary N) is 2. The van der Waals surface area contributed by atoms with Crippen molar-refractivity contribution in [2.45, 2.75) is 4.90 Å². The zero-order valence-corrected chi connectivity index (χ0v) is 17.9. The van der Waals surface area contributed by atoms with E-state index < -0.39 is 20.9 Å². The van der Waals surface area contributed by atoms with Gasteiger partial charge in [0, 0.05) is 17.3 Å². The van der Waals surface area contributed by atoms with E-state index in [0.29, 0.717) is 5.75 Å². The van der Waals surface area contributed by atoms with E-state index in [2.05, 4.69) is 10.0 Å². The van der Waals surface area contributed by atoms with Crippen LogP contribution in [0.5, 0.6) is 11.5 Å². The highest BCUT2D eigenvalue weighted by Crippen LogP contribution is 2.29. The lowest BCUT2D eigenvalue weighted by Crippen LogP contribution is -2.15. The molecule has 166 valence electrons. The lowest BCUT2D eigenvalue weighted by Gasteiger charge is -2.12. The Morgan fingerprint density at radius 1 is 0.969 bits per heavy atom. The second-order valence-electron chi connectivity index (χ2n) is 6.46. The van der Waals surface area contributed by atoms with Crippen LogP contribution < -0.4 is 19.5 Å². The van der Waals surface area contributed by atoms with Gasteiger partial charge in [-0.3, -0.25) is 19.6 Å². The number of nitrogens with zero attached hydrogens (tertiary/aromatic N) is 1. The summed E-state index contributed by atoms with van der Waals surface area (Å²) in [6.45, 7) is 0.